The minimum Gasteiger partial charge on any atom is -0.496 e. The fraction of sp³-hybridized carbons (Fsp3) is 0.333. The molecule has 0 bridgehead atoms. The van der Waals surface area contributed by atoms with Crippen molar-refractivity contribution in [1.82, 2.24) is 9.78 Å². The minimum absolute atomic E-state index is 0.0239. The number of carbonyl (C=O) groups is 1. The molecule has 0 aliphatic heterocycles. The van der Waals surface area contributed by atoms with E-state index in [0.29, 0.717) is 22.0 Å². The Morgan fingerprint density at radius 1 is 1.42 bits per heavy atom. The Morgan fingerprint density at radius 2 is 2.12 bits per heavy atom. The smallest absolute Gasteiger partial charge is 0.328 e. The van der Waals surface area contributed by atoms with Crippen molar-refractivity contribution in [3.8, 4) is 5.75 Å². The maximum absolute atomic E-state index is 12.0. The number of nitro groups is 1. The Bertz CT molecular complexity index is 788. The molecule has 0 N–H and O–H groups in total. The van der Waals surface area contributed by atoms with Gasteiger partial charge in [-0.05, 0) is 32.0 Å². The standard InChI is InChI=1S/C15H16ClN3O5/c1-9-15(19(21)22)10(2)18(17-9)7-14(20)24-8-11-6-12(16)4-5-13(11)23-3/h4-6H,7-8H2,1-3H3. The monoisotopic (exact) mass is 353 g/mol. The Labute approximate surface area is 143 Å². The molecule has 8 nitrogen and oxygen atoms in total. The van der Waals surface area contributed by atoms with Crippen molar-refractivity contribution in [1.29, 1.82) is 0 Å². The molecule has 1 aromatic heterocycles. The van der Waals surface area contributed by atoms with Gasteiger partial charge in [0.15, 0.2) is 0 Å². The van der Waals surface area contributed by atoms with E-state index in [4.69, 9.17) is 21.1 Å². The van der Waals surface area contributed by atoms with Gasteiger partial charge in [0.25, 0.3) is 0 Å². The summed E-state index contributed by atoms with van der Waals surface area (Å²) in [6, 6.07) is 4.98. The van der Waals surface area contributed by atoms with Crippen LogP contribution < -0.4 is 4.74 Å². The number of halogens is 1. The number of esters is 1. The number of hydrogen-bond donors (Lipinski definition) is 0. The summed E-state index contributed by atoms with van der Waals surface area (Å²) in [6.45, 7) is 2.81. The number of rotatable bonds is 6. The molecule has 24 heavy (non-hydrogen) atoms. The largest absolute Gasteiger partial charge is 0.496 e. The van der Waals surface area contributed by atoms with Gasteiger partial charge in [0.1, 0.15) is 30.3 Å². The number of aryl methyl sites for hydroxylation is 1. The van der Waals surface area contributed by atoms with Gasteiger partial charge in [0.05, 0.1) is 12.0 Å². The molecule has 0 saturated carbocycles. The number of benzene rings is 1. The van der Waals surface area contributed by atoms with Crippen LogP contribution in [0.5, 0.6) is 5.75 Å². The van der Waals surface area contributed by atoms with Crippen molar-refractivity contribution >= 4 is 23.3 Å². The highest BCUT2D eigenvalue weighted by atomic mass is 35.5. The zero-order valence-corrected chi connectivity index (χ0v) is 14.2. The average Bonchev–Trinajstić information content (AvgIpc) is 2.79. The zero-order chi connectivity index (χ0) is 17.9. The van der Waals surface area contributed by atoms with Crippen molar-refractivity contribution in [2.24, 2.45) is 0 Å². The summed E-state index contributed by atoms with van der Waals surface area (Å²) >= 11 is 5.92. The lowest BCUT2D eigenvalue weighted by Crippen LogP contribution is -2.16. The molecule has 0 radical (unpaired) electrons. The van der Waals surface area contributed by atoms with Gasteiger partial charge < -0.3 is 9.47 Å². The predicted molar refractivity (Wildman–Crippen MR) is 86.2 cm³/mol. The Morgan fingerprint density at radius 3 is 2.71 bits per heavy atom. The van der Waals surface area contributed by atoms with Gasteiger partial charge in [-0.1, -0.05) is 11.6 Å². The summed E-state index contributed by atoms with van der Waals surface area (Å²) in [5, 5.41) is 15.5. The Balaban J connectivity index is 2.06. The zero-order valence-electron chi connectivity index (χ0n) is 13.4. The minimum atomic E-state index is -0.572. The van der Waals surface area contributed by atoms with E-state index in [0.717, 1.165) is 0 Å². The van der Waals surface area contributed by atoms with E-state index in [-0.39, 0.29) is 24.5 Å². The molecule has 0 spiro atoms. The molecule has 1 heterocycles. The molecule has 0 fully saturated rings. The second-order valence-corrected chi connectivity index (χ2v) is 5.49. The molecular formula is C15H16ClN3O5. The first-order valence-corrected chi connectivity index (χ1v) is 7.37. The molecule has 0 unspecified atom stereocenters. The quantitative estimate of drug-likeness (QED) is 0.450. The summed E-state index contributed by atoms with van der Waals surface area (Å²) in [5.74, 6) is -0.0218. The second kappa shape index (κ2) is 7.31. The molecule has 0 aliphatic rings. The molecule has 0 aliphatic carbocycles. The van der Waals surface area contributed by atoms with Gasteiger partial charge in [0.2, 0.25) is 0 Å². The summed E-state index contributed by atoms with van der Waals surface area (Å²) < 4.78 is 11.6. The van der Waals surface area contributed by atoms with Crippen molar-refractivity contribution in [3.05, 3.63) is 50.3 Å². The number of nitrogens with zero attached hydrogens (tertiary/aromatic N) is 3. The summed E-state index contributed by atoms with van der Waals surface area (Å²) in [6.07, 6.45) is 0. The van der Waals surface area contributed by atoms with E-state index in [1.54, 1.807) is 18.2 Å². The van der Waals surface area contributed by atoms with Crippen LogP contribution in [0.1, 0.15) is 17.0 Å². The van der Waals surface area contributed by atoms with E-state index in [1.807, 2.05) is 0 Å². The summed E-state index contributed by atoms with van der Waals surface area (Å²) in [5.41, 5.74) is 1.08. The topological polar surface area (TPSA) is 96.5 Å². The normalized spacial score (nSPS) is 10.5. The van der Waals surface area contributed by atoms with Crippen molar-refractivity contribution in [2.75, 3.05) is 7.11 Å². The van der Waals surface area contributed by atoms with Gasteiger partial charge in [-0.2, -0.15) is 5.10 Å². The number of hydrogen-bond acceptors (Lipinski definition) is 6. The van der Waals surface area contributed by atoms with E-state index in [2.05, 4.69) is 5.10 Å². The SMILES string of the molecule is COc1ccc(Cl)cc1COC(=O)Cn1nc(C)c([N+](=O)[O-])c1C. The van der Waals surface area contributed by atoms with Crippen LogP contribution in [0.25, 0.3) is 0 Å². The molecule has 128 valence electrons. The first kappa shape index (κ1) is 17.7. The fourth-order valence-electron chi connectivity index (χ4n) is 2.29. The van der Waals surface area contributed by atoms with Crippen molar-refractivity contribution in [3.63, 3.8) is 0 Å². The highest BCUT2D eigenvalue weighted by Crippen LogP contribution is 2.24. The van der Waals surface area contributed by atoms with Gasteiger partial charge in [0, 0.05) is 10.6 Å². The third-order valence-electron chi connectivity index (χ3n) is 3.44. The molecule has 2 aromatic rings. The predicted octanol–water partition coefficient (Wildman–Crippen LogP) is 2.81. The number of carbonyl (C=O) groups excluding carboxylic acids is 1. The average molecular weight is 354 g/mol. The van der Waals surface area contributed by atoms with E-state index < -0.39 is 10.9 Å². The molecule has 0 atom stereocenters. The van der Waals surface area contributed by atoms with Crippen molar-refractivity contribution < 1.29 is 19.2 Å². The van der Waals surface area contributed by atoms with Crippen LogP contribution in [-0.4, -0.2) is 27.8 Å². The molecule has 1 aromatic carbocycles. The Kier molecular flexibility index (Phi) is 5.40. The van der Waals surface area contributed by atoms with Crippen LogP contribution in [0.3, 0.4) is 0 Å². The third-order valence-corrected chi connectivity index (χ3v) is 3.67. The van der Waals surface area contributed by atoms with E-state index >= 15 is 0 Å². The molecule has 9 heteroatoms. The highest BCUT2D eigenvalue weighted by Gasteiger charge is 2.23. The number of aromatic nitrogens is 2. The first-order valence-electron chi connectivity index (χ1n) is 7.00. The van der Waals surface area contributed by atoms with Crippen LogP contribution in [0.4, 0.5) is 5.69 Å². The van der Waals surface area contributed by atoms with Crippen LogP contribution >= 0.6 is 11.6 Å². The van der Waals surface area contributed by atoms with Crippen LogP contribution in [0.2, 0.25) is 5.02 Å². The fourth-order valence-corrected chi connectivity index (χ4v) is 2.49. The van der Waals surface area contributed by atoms with E-state index in [1.165, 1.54) is 25.6 Å². The lowest BCUT2D eigenvalue weighted by molar-refractivity contribution is -0.386. The van der Waals surface area contributed by atoms with Gasteiger partial charge in [-0.3, -0.25) is 19.6 Å². The van der Waals surface area contributed by atoms with Gasteiger partial charge >= 0.3 is 11.7 Å². The number of ether oxygens (including phenoxy) is 2. The van der Waals surface area contributed by atoms with Crippen LogP contribution in [-0.2, 0) is 22.7 Å². The summed E-state index contributed by atoms with van der Waals surface area (Å²) in [7, 11) is 1.50. The third kappa shape index (κ3) is 3.83. The first-order chi connectivity index (χ1) is 11.3. The molecule has 0 amide bonds. The van der Waals surface area contributed by atoms with Crippen LogP contribution in [0, 0.1) is 24.0 Å². The highest BCUT2D eigenvalue weighted by molar-refractivity contribution is 6.30. The molecule has 0 saturated heterocycles. The lowest BCUT2D eigenvalue weighted by atomic mass is 10.2. The van der Waals surface area contributed by atoms with Gasteiger partial charge in [-0.25, -0.2) is 0 Å². The lowest BCUT2D eigenvalue weighted by Gasteiger charge is -2.10. The molecule has 2 rings (SSSR count). The second-order valence-electron chi connectivity index (χ2n) is 5.05. The number of methoxy groups -OCH3 is 1. The van der Waals surface area contributed by atoms with Crippen molar-refractivity contribution in [2.45, 2.75) is 27.0 Å². The van der Waals surface area contributed by atoms with Crippen LogP contribution in [0.15, 0.2) is 18.2 Å². The maximum Gasteiger partial charge on any atom is 0.328 e. The Hall–Kier alpha value is -2.61. The summed E-state index contributed by atoms with van der Waals surface area (Å²) in [4.78, 5) is 22.4. The molecular weight excluding hydrogens is 338 g/mol. The van der Waals surface area contributed by atoms with Gasteiger partial charge in [-0.15, -0.1) is 0 Å². The van der Waals surface area contributed by atoms with E-state index in [9.17, 15) is 14.9 Å². The maximum atomic E-state index is 12.0.